The quantitative estimate of drug-likeness (QED) is 0.272. The third-order valence-electron chi connectivity index (χ3n) is 3.91. The number of nitro benzene ring substituents is 1. The average Bonchev–Trinajstić information content (AvgIpc) is 3.17. The molecule has 1 heterocycles. The predicted molar refractivity (Wildman–Crippen MR) is 101 cm³/mol. The number of hydrogen-bond donors (Lipinski definition) is 0. The molecule has 2 aromatic carbocycles. The van der Waals surface area contributed by atoms with E-state index in [2.05, 4.69) is 10.2 Å². The molecular formula is C20H17N3O5. The Bertz CT molecular complexity index is 1020. The first-order valence-corrected chi connectivity index (χ1v) is 8.46. The van der Waals surface area contributed by atoms with Crippen molar-refractivity contribution < 1.29 is 18.9 Å². The third-order valence-corrected chi connectivity index (χ3v) is 3.91. The van der Waals surface area contributed by atoms with Crippen molar-refractivity contribution in [1.82, 2.24) is 10.2 Å². The van der Waals surface area contributed by atoms with E-state index in [1.54, 1.807) is 19.1 Å². The minimum absolute atomic E-state index is 0.0979. The van der Waals surface area contributed by atoms with Crippen LogP contribution in [0.2, 0.25) is 0 Å². The number of rotatable bonds is 6. The Morgan fingerprint density at radius 3 is 2.61 bits per heavy atom. The first-order valence-electron chi connectivity index (χ1n) is 8.46. The van der Waals surface area contributed by atoms with Gasteiger partial charge in [0.25, 0.3) is 11.6 Å². The van der Waals surface area contributed by atoms with Crippen LogP contribution >= 0.6 is 0 Å². The molecule has 0 radical (unpaired) electrons. The molecule has 0 aliphatic heterocycles. The summed E-state index contributed by atoms with van der Waals surface area (Å²) in [6, 6.07) is 13.7. The number of aromatic nitrogens is 2. The second kappa shape index (κ2) is 8.26. The average molecular weight is 379 g/mol. The van der Waals surface area contributed by atoms with Crippen LogP contribution in [0, 0.1) is 17.0 Å². The minimum atomic E-state index is -0.769. The van der Waals surface area contributed by atoms with E-state index < -0.39 is 17.0 Å². The lowest BCUT2D eigenvalue weighted by molar-refractivity contribution is -0.385. The first kappa shape index (κ1) is 19.0. The smallest absolute Gasteiger partial charge is 0.331 e. The fourth-order valence-electron chi connectivity index (χ4n) is 2.43. The van der Waals surface area contributed by atoms with Crippen molar-refractivity contribution in [3.8, 4) is 11.5 Å². The van der Waals surface area contributed by atoms with Gasteiger partial charge < -0.3 is 9.15 Å². The van der Waals surface area contributed by atoms with Gasteiger partial charge in [0.1, 0.15) is 0 Å². The van der Waals surface area contributed by atoms with Crippen molar-refractivity contribution in [1.29, 1.82) is 0 Å². The van der Waals surface area contributed by atoms with Gasteiger partial charge in [-0.25, -0.2) is 4.79 Å². The zero-order valence-corrected chi connectivity index (χ0v) is 15.2. The van der Waals surface area contributed by atoms with Crippen molar-refractivity contribution in [3.05, 3.63) is 81.7 Å². The van der Waals surface area contributed by atoms with Crippen LogP contribution in [0.3, 0.4) is 0 Å². The summed E-state index contributed by atoms with van der Waals surface area (Å²) in [5.74, 6) is -0.197. The first-order chi connectivity index (χ1) is 13.4. The van der Waals surface area contributed by atoms with Crippen LogP contribution in [0.5, 0.6) is 0 Å². The number of esters is 1. The molecule has 3 rings (SSSR count). The van der Waals surface area contributed by atoms with E-state index in [0.29, 0.717) is 11.5 Å². The Labute approximate surface area is 160 Å². The van der Waals surface area contributed by atoms with Crippen LogP contribution in [0.4, 0.5) is 5.69 Å². The predicted octanol–water partition coefficient (Wildman–Crippen LogP) is 4.27. The lowest BCUT2D eigenvalue weighted by Crippen LogP contribution is -2.06. The zero-order chi connectivity index (χ0) is 20.1. The maximum absolute atomic E-state index is 12.0. The van der Waals surface area contributed by atoms with Crippen molar-refractivity contribution >= 4 is 17.7 Å². The number of carbonyl (C=O) groups excluding carboxylic acids is 1. The van der Waals surface area contributed by atoms with Gasteiger partial charge >= 0.3 is 5.97 Å². The Hall–Kier alpha value is -3.81. The van der Waals surface area contributed by atoms with Gasteiger partial charge in [0.05, 0.1) is 10.5 Å². The molecule has 0 N–H and O–H groups in total. The van der Waals surface area contributed by atoms with Crippen LogP contribution in [0.15, 0.2) is 59.0 Å². The van der Waals surface area contributed by atoms with Crippen LogP contribution < -0.4 is 0 Å². The van der Waals surface area contributed by atoms with E-state index >= 15 is 0 Å². The van der Waals surface area contributed by atoms with Crippen LogP contribution in [-0.4, -0.2) is 21.1 Å². The Morgan fingerprint density at radius 2 is 1.89 bits per heavy atom. The SMILES string of the molecule is Cc1ccc(-c2nnc([C@H](C)OC(=O)/C=C/c3ccccc3[N+](=O)[O-])o2)cc1. The molecule has 0 saturated heterocycles. The van der Waals surface area contributed by atoms with E-state index in [-0.39, 0.29) is 11.6 Å². The molecule has 0 saturated carbocycles. The lowest BCUT2D eigenvalue weighted by atomic mass is 10.1. The summed E-state index contributed by atoms with van der Waals surface area (Å²) in [6.45, 7) is 3.57. The Morgan fingerprint density at radius 1 is 1.18 bits per heavy atom. The number of nitrogens with zero attached hydrogens (tertiary/aromatic N) is 3. The molecule has 28 heavy (non-hydrogen) atoms. The summed E-state index contributed by atoms with van der Waals surface area (Å²) in [4.78, 5) is 22.5. The van der Waals surface area contributed by atoms with Crippen molar-refractivity contribution in [3.63, 3.8) is 0 Å². The molecule has 0 aliphatic rings. The minimum Gasteiger partial charge on any atom is -0.449 e. The summed E-state index contributed by atoms with van der Waals surface area (Å²) in [5.41, 5.74) is 2.08. The Kier molecular flexibility index (Phi) is 5.59. The molecule has 8 nitrogen and oxygen atoms in total. The van der Waals surface area contributed by atoms with Gasteiger partial charge in [0.15, 0.2) is 6.10 Å². The molecular weight excluding hydrogens is 362 g/mol. The molecule has 0 fully saturated rings. The molecule has 0 amide bonds. The molecule has 1 atom stereocenters. The fraction of sp³-hybridized carbons (Fsp3) is 0.150. The number of para-hydroxylation sites is 1. The monoisotopic (exact) mass is 379 g/mol. The molecule has 1 aromatic heterocycles. The maximum Gasteiger partial charge on any atom is 0.331 e. The van der Waals surface area contributed by atoms with Crippen LogP contribution in [0.1, 0.15) is 30.0 Å². The summed E-state index contributed by atoms with van der Waals surface area (Å²) >= 11 is 0. The highest BCUT2D eigenvalue weighted by Crippen LogP contribution is 2.23. The van der Waals surface area contributed by atoms with E-state index in [0.717, 1.165) is 17.2 Å². The summed E-state index contributed by atoms with van der Waals surface area (Å²) in [5, 5.41) is 18.9. The summed E-state index contributed by atoms with van der Waals surface area (Å²) < 4.78 is 10.8. The van der Waals surface area contributed by atoms with E-state index in [9.17, 15) is 14.9 Å². The highest BCUT2D eigenvalue weighted by Gasteiger charge is 2.18. The highest BCUT2D eigenvalue weighted by molar-refractivity contribution is 5.88. The van der Waals surface area contributed by atoms with Gasteiger partial charge in [-0.2, -0.15) is 0 Å². The van der Waals surface area contributed by atoms with Gasteiger partial charge in [-0.1, -0.05) is 29.8 Å². The molecule has 0 spiro atoms. The number of carbonyl (C=O) groups is 1. The number of aryl methyl sites for hydroxylation is 1. The van der Waals surface area contributed by atoms with Crippen molar-refractivity contribution in [2.45, 2.75) is 20.0 Å². The van der Waals surface area contributed by atoms with Gasteiger partial charge in [0, 0.05) is 17.7 Å². The number of hydrogen-bond acceptors (Lipinski definition) is 7. The number of nitro groups is 1. The number of benzene rings is 2. The topological polar surface area (TPSA) is 108 Å². The summed E-state index contributed by atoms with van der Waals surface area (Å²) in [6.07, 6.45) is 1.68. The van der Waals surface area contributed by atoms with E-state index in [4.69, 9.17) is 9.15 Å². The summed E-state index contributed by atoms with van der Waals surface area (Å²) in [7, 11) is 0. The lowest BCUT2D eigenvalue weighted by Gasteiger charge is -2.06. The zero-order valence-electron chi connectivity index (χ0n) is 15.2. The van der Waals surface area contributed by atoms with Gasteiger partial charge in [-0.15, -0.1) is 10.2 Å². The van der Waals surface area contributed by atoms with E-state index in [1.165, 1.54) is 18.2 Å². The van der Waals surface area contributed by atoms with Crippen molar-refractivity contribution in [2.75, 3.05) is 0 Å². The highest BCUT2D eigenvalue weighted by atomic mass is 16.6. The second-order valence-corrected chi connectivity index (χ2v) is 6.04. The van der Waals surface area contributed by atoms with Crippen LogP contribution in [0.25, 0.3) is 17.5 Å². The van der Waals surface area contributed by atoms with Crippen molar-refractivity contribution in [2.24, 2.45) is 0 Å². The number of ether oxygens (including phenoxy) is 1. The fourth-order valence-corrected chi connectivity index (χ4v) is 2.43. The normalized spacial score (nSPS) is 12.1. The third kappa shape index (κ3) is 4.47. The van der Waals surface area contributed by atoms with Crippen LogP contribution in [-0.2, 0) is 9.53 Å². The van der Waals surface area contributed by atoms with Gasteiger partial charge in [-0.05, 0) is 38.1 Å². The molecule has 0 unspecified atom stereocenters. The molecule has 142 valence electrons. The van der Waals surface area contributed by atoms with Gasteiger partial charge in [-0.3, -0.25) is 10.1 Å². The molecule has 8 heteroatoms. The van der Waals surface area contributed by atoms with Gasteiger partial charge in [0.2, 0.25) is 5.89 Å². The standard InChI is InChI=1S/C20H17N3O5/c1-13-7-9-16(10-8-13)20-22-21-19(28-20)14(2)27-18(24)12-11-15-5-3-4-6-17(15)23(25)26/h3-12,14H,1-2H3/b12-11+/t14-/m0/s1. The molecule has 3 aromatic rings. The molecule has 0 bridgehead atoms. The van der Waals surface area contributed by atoms with E-state index in [1.807, 2.05) is 31.2 Å². The second-order valence-electron chi connectivity index (χ2n) is 6.04. The Balaban J connectivity index is 1.66. The maximum atomic E-state index is 12.0. The molecule has 0 aliphatic carbocycles. The largest absolute Gasteiger partial charge is 0.449 e.